The van der Waals surface area contributed by atoms with Crippen LogP contribution >= 0.6 is 11.8 Å². The number of amides is 1. The molecule has 0 spiro atoms. The zero-order valence-corrected chi connectivity index (χ0v) is 17.4. The summed E-state index contributed by atoms with van der Waals surface area (Å²) in [7, 11) is -1.34. The van der Waals surface area contributed by atoms with E-state index in [1.165, 1.54) is 11.8 Å². The second-order valence-electron chi connectivity index (χ2n) is 6.97. The van der Waals surface area contributed by atoms with Crippen molar-refractivity contribution in [1.82, 2.24) is 5.32 Å². The molecule has 2 unspecified atom stereocenters. The summed E-state index contributed by atoms with van der Waals surface area (Å²) in [5.74, 6) is 0.936. The maximum Gasteiger partial charge on any atom is 0.251 e. The normalized spacial score (nSPS) is 21.9. The Balaban J connectivity index is 1.31. The molecule has 2 aromatic rings. The lowest BCUT2D eigenvalue weighted by Crippen LogP contribution is -2.22. The Bertz CT molecular complexity index is 1030. The van der Waals surface area contributed by atoms with Gasteiger partial charge in [-0.3, -0.25) is 9.79 Å². The smallest absolute Gasteiger partial charge is 0.251 e. The van der Waals surface area contributed by atoms with Gasteiger partial charge >= 0.3 is 0 Å². The zero-order valence-electron chi connectivity index (χ0n) is 15.8. The third-order valence-electron chi connectivity index (χ3n) is 4.83. The van der Waals surface area contributed by atoms with Gasteiger partial charge in [0.05, 0.1) is 24.7 Å². The number of anilines is 1. The first-order valence-corrected chi connectivity index (χ1v) is 11.8. The Morgan fingerprint density at radius 3 is 2.52 bits per heavy atom. The van der Waals surface area contributed by atoms with Crippen LogP contribution < -0.4 is 15.4 Å². The quantitative estimate of drug-likeness (QED) is 0.754. The van der Waals surface area contributed by atoms with Gasteiger partial charge in [0.2, 0.25) is 0 Å². The highest BCUT2D eigenvalue weighted by molar-refractivity contribution is 8.15. The average molecular weight is 432 g/mol. The van der Waals surface area contributed by atoms with Crippen LogP contribution in [0.5, 0.6) is 5.75 Å². The third kappa shape index (κ3) is 4.73. The lowest BCUT2D eigenvalue weighted by molar-refractivity contribution is 0.0951. The van der Waals surface area contributed by atoms with Crippen LogP contribution in [0, 0.1) is 0 Å². The van der Waals surface area contributed by atoms with Crippen molar-refractivity contribution in [3.63, 3.8) is 0 Å². The molecule has 2 aliphatic heterocycles. The fourth-order valence-electron chi connectivity index (χ4n) is 3.27. The minimum Gasteiger partial charge on any atom is -0.497 e. The number of nitrogens with zero attached hydrogens (tertiary/aromatic N) is 1. The number of methoxy groups -OCH3 is 1. The number of nitrogens with one attached hydrogen (secondary N) is 2. The summed E-state index contributed by atoms with van der Waals surface area (Å²) in [5.41, 5.74) is 2.36. The van der Waals surface area contributed by atoms with Gasteiger partial charge in [0.1, 0.15) is 5.75 Å². The molecule has 0 aromatic heterocycles. The Morgan fingerprint density at radius 2 is 1.86 bits per heavy atom. The highest BCUT2D eigenvalue weighted by Gasteiger charge is 2.42. The van der Waals surface area contributed by atoms with E-state index in [0.29, 0.717) is 12.1 Å². The molecule has 152 valence electrons. The second-order valence-corrected chi connectivity index (χ2v) is 10.3. The molecule has 1 fully saturated rings. The summed E-state index contributed by atoms with van der Waals surface area (Å²) in [5, 5.41) is 6.83. The molecule has 0 bridgehead atoms. The van der Waals surface area contributed by atoms with Crippen LogP contribution in [0.3, 0.4) is 0 Å². The Kier molecular flexibility index (Phi) is 5.51. The van der Waals surface area contributed by atoms with Gasteiger partial charge in [-0.2, -0.15) is 0 Å². The number of benzene rings is 2. The monoisotopic (exact) mass is 431 g/mol. The van der Waals surface area contributed by atoms with Gasteiger partial charge in [-0.1, -0.05) is 23.9 Å². The molecule has 4 rings (SSSR count). The number of hydrogen-bond donors (Lipinski definition) is 2. The summed E-state index contributed by atoms with van der Waals surface area (Å²) in [6.45, 7) is 0.432. The van der Waals surface area contributed by atoms with Gasteiger partial charge in [0.15, 0.2) is 15.0 Å². The highest BCUT2D eigenvalue weighted by Crippen LogP contribution is 2.34. The molecule has 29 heavy (non-hydrogen) atoms. The molecule has 2 heterocycles. The third-order valence-corrected chi connectivity index (χ3v) is 7.97. The number of rotatable bonds is 5. The predicted octanol–water partition coefficient (Wildman–Crippen LogP) is 2.31. The van der Waals surface area contributed by atoms with Crippen LogP contribution in [0.25, 0.3) is 0 Å². The van der Waals surface area contributed by atoms with Gasteiger partial charge in [-0.25, -0.2) is 8.42 Å². The van der Waals surface area contributed by atoms with Crippen molar-refractivity contribution in [3.8, 4) is 5.75 Å². The van der Waals surface area contributed by atoms with E-state index in [2.05, 4.69) is 15.6 Å². The van der Waals surface area contributed by atoms with Crippen LogP contribution in [0.2, 0.25) is 0 Å². The number of ether oxygens (including phenoxy) is 1. The first-order chi connectivity index (χ1) is 13.9. The van der Waals surface area contributed by atoms with Crippen LogP contribution in [0.1, 0.15) is 15.9 Å². The largest absolute Gasteiger partial charge is 0.497 e. The molecular formula is C20H21N3O4S2. The van der Waals surface area contributed by atoms with Crippen molar-refractivity contribution in [3.05, 3.63) is 59.7 Å². The van der Waals surface area contributed by atoms with Crippen molar-refractivity contribution in [2.24, 2.45) is 4.99 Å². The molecule has 2 aromatic carbocycles. The zero-order chi connectivity index (χ0) is 20.4. The second kappa shape index (κ2) is 8.08. The minimum atomic E-state index is -2.95. The van der Waals surface area contributed by atoms with E-state index >= 15 is 0 Å². The van der Waals surface area contributed by atoms with Crippen molar-refractivity contribution in [2.75, 3.05) is 23.9 Å². The van der Waals surface area contributed by atoms with E-state index in [-0.39, 0.29) is 28.7 Å². The molecule has 2 aliphatic rings. The summed E-state index contributed by atoms with van der Waals surface area (Å²) >= 11 is 1.47. The number of carbonyl (C=O) groups is 1. The van der Waals surface area contributed by atoms with E-state index in [0.717, 1.165) is 22.2 Å². The molecule has 0 saturated carbocycles. The van der Waals surface area contributed by atoms with Crippen LogP contribution in [-0.2, 0) is 16.4 Å². The van der Waals surface area contributed by atoms with E-state index in [9.17, 15) is 13.2 Å². The maximum atomic E-state index is 12.3. The minimum absolute atomic E-state index is 0.00510. The molecule has 2 atom stereocenters. The lowest BCUT2D eigenvalue weighted by atomic mass is 10.1. The summed E-state index contributed by atoms with van der Waals surface area (Å²) < 4.78 is 28.4. The van der Waals surface area contributed by atoms with Crippen molar-refractivity contribution in [1.29, 1.82) is 0 Å². The summed E-state index contributed by atoms with van der Waals surface area (Å²) in [6.07, 6.45) is 0. The van der Waals surface area contributed by atoms with Gasteiger partial charge in [0.25, 0.3) is 5.91 Å². The van der Waals surface area contributed by atoms with Gasteiger partial charge in [-0.15, -0.1) is 0 Å². The fourth-order valence-corrected chi connectivity index (χ4v) is 6.95. The summed E-state index contributed by atoms with van der Waals surface area (Å²) in [6, 6.07) is 14.5. The number of amidine groups is 1. The number of carbonyl (C=O) groups excluding carboxylic acids is 1. The topological polar surface area (TPSA) is 96.9 Å². The lowest BCUT2D eigenvalue weighted by Gasteiger charge is -2.09. The Hall–Kier alpha value is -2.52. The Morgan fingerprint density at radius 1 is 1.14 bits per heavy atom. The molecule has 9 heteroatoms. The number of thioether (sulfide) groups is 1. The van der Waals surface area contributed by atoms with Crippen LogP contribution in [-0.4, -0.2) is 49.4 Å². The molecule has 1 saturated heterocycles. The number of fused-ring (bicyclic) bond motifs is 1. The van der Waals surface area contributed by atoms with Crippen molar-refractivity contribution in [2.45, 2.75) is 17.8 Å². The van der Waals surface area contributed by atoms with Gasteiger partial charge in [-0.05, 0) is 42.0 Å². The maximum absolute atomic E-state index is 12.3. The van der Waals surface area contributed by atoms with E-state index < -0.39 is 9.84 Å². The molecule has 0 aliphatic carbocycles. The average Bonchev–Trinajstić information content (AvgIpc) is 3.19. The predicted molar refractivity (Wildman–Crippen MR) is 115 cm³/mol. The standard InChI is InChI=1S/C20H21N3O4S2/c1-27-16-8-2-13(3-9-16)10-21-19(24)14-4-6-15(7-5-14)22-20-23-17-11-29(25,26)12-18(17)28-20/h2-9,17-18H,10-12H2,1H3,(H,21,24)(H,22,23). The van der Waals surface area contributed by atoms with E-state index in [1.807, 2.05) is 36.4 Å². The van der Waals surface area contributed by atoms with Crippen molar-refractivity contribution >= 4 is 38.4 Å². The van der Waals surface area contributed by atoms with Gasteiger partial charge < -0.3 is 15.4 Å². The molecule has 1 amide bonds. The Labute approximate surface area is 173 Å². The fraction of sp³-hybridized carbons (Fsp3) is 0.300. The number of sulfone groups is 1. The first-order valence-electron chi connectivity index (χ1n) is 9.15. The highest BCUT2D eigenvalue weighted by atomic mass is 32.2. The van der Waals surface area contributed by atoms with E-state index in [4.69, 9.17) is 4.74 Å². The van der Waals surface area contributed by atoms with Gasteiger partial charge in [0, 0.05) is 23.0 Å². The van der Waals surface area contributed by atoms with Crippen LogP contribution in [0.15, 0.2) is 53.5 Å². The molecule has 7 nitrogen and oxygen atoms in total. The first kappa shape index (κ1) is 19.8. The molecular weight excluding hydrogens is 410 g/mol. The van der Waals surface area contributed by atoms with Crippen LogP contribution in [0.4, 0.5) is 5.69 Å². The molecule has 0 radical (unpaired) electrons. The SMILES string of the molecule is COc1ccc(CNC(=O)c2ccc(NC3=NC4CS(=O)(=O)CC4S3)cc2)cc1. The number of hydrogen-bond acceptors (Lipinski definition) is 7. The molecule has 2 N–H and O–H groups in total. The van der Waals surface area contributed by atoms with Crippen molar-refractivity contribution < 1.29 is 17.9 Å². The number of aliphatic imine (C=N–C) groups is 1. The summed E-state index contributed by atoms with van der Waals surface area (Å²) in [4.78, 5) is 16.8. The van der Waals surface area contributed by atoms with E-state index in [1.54, 1.807) is 19.2 Å².